The van der Waals surface area contributed by atoms with Crippen LogP contribution in [0.4, 0.5) is 0 Å². The van der Waals surface area contributed by atoms with Crippen molar-refractivity contribution in [2.45, 2.75) is 19.8 Å². The van der Waals surface area contributed by atoms with E-state index in [-0.39, 0.29) is 0 Å². The Morgan fingerprint density at radius 3 is 2.41 bits per heavy atom. The van der Waals surface area contributed by atoms with Gasteiger partial charge in [-0.05, 0) is 26.0 Å². The van der Waals surface area contributed by atoms with Crippen molar-refractivity contribution in [2.75, 3.05) is 0 Å². The molecule has 22 heavy (non-hydrogen) atoms. The van der Waals surface area contributed by atoms with E-state index in [1.165, 1.54) is 0 Å². The second-order valence-corrected chi connectivity index (χ2v) is 5.07. The topological polar surface area (TPSA) is 101 Å². The summed E-state index contributed by atoms with van der Waals surface area (Å²) >= 11 is 0. The molecule has 0 aliphatic carbocycles. The molecular weight excluding hydrogens is 278 g/mol. The summed E-state index contributed by atoms with van der Waals surface area (Å²) in [6.07, 6.45) is 3.25. The van der Waals surface area contributed by atoms with Gasteiger partial charge in [-0.15, -0.1) is 0 Å². The highest BCUT2D eigenvalue weighted by molar-refractivity contribution is 5.61. The number of nitrogens with one attached hydrogen (secondary N) is 2. The molecule has 3 rings (SSSR count). The SMILES string of the molecule is CC1=C(C#N)C(c2cc(-c3ccn[nH]3)co2)C(C#N)=C(C)N1. The summed E-state index contributed by atoms with van der Waals surface area (Å²) in [5.41, 5.74) is 4.12. The molecule has 0 saturated heterocycles. The molecule has 0 bridgehead atoms. The molecule has 0 atom stereocenters. The van der Waals surface area contributed by atoms with Gasteiger partial charge in [-0.2, -0.15) is 15.6 Å². The van der Waals surface area contributed by atoms with Crippen molar-refractivity contribution in [1.82, 2.24) is 15.5 Å². The molecule has 0 radical (unpaired) electrons. The van der Waals surface area contributed by atoms with Gasteiger partial charge in [-0.3, -0.25) is 5.10 Å². The van der Waals surface area contributed by atoms with Gasteiger partial charge in [0.1, 0.15) is 12.0 Å². The van der Waals surface area contributed by atoms with Crippen molar-refractivity contribution >= 4 is 0 Å². The lowest BCUT2D eigenvalue weighted by Crippen LogP contribution is -2.23. The number of dihydropyridines is 1. The minimum absolute atomic E-state index is 0.479. The smallest absolute Gasteiger partial charge is 0.117 e. The van der Waals surface area contributed by atoms with Crippen LogP contribution in [0.25, 0.3) is 11.3 Å². The molecule has 0 unspecified atom stereocenters. The van der Waals surface area contributed by atoms with E-state index in [0.717, 1.165) is 22.7 Å². The second kappa shape index (κ2) is 5.27. The van der Waals surface area contributed by atoms with Crippen molar-refractivity contribution in [2.24, 2.45) is 0 Å². The molecule has 2 aromatic rings. The Balaban J connectivity index is 2.10. The van der Waals surface area contributed by atoms with Crippen LogP contribution in [0.3, 0.4) is 0 Å². The Bertz CT molecular complexity index is 819. The van der Waals surface area contributed by atoms with Gasteiger partial charge in [0, 0.05) is 23.2 Å². The number of aromatic nitrogens is 2. The molecule has 1 aliphatic rings. The van der Waals surface area contributed by atoms with Gasteiger partial charge in [0.25, 0.3) is 0 Å². The average Bonchev–Trinajstić information content (AvgIpc) is 3.17. The Morgan fingerprint density at radius 2 is 1.86 bits per heavy atom. The van der Waals surface area contributed by atoms with Gasteiger partial charge >= 0.3 is 0 Å². The maximum Gasteiger partial charge on any atom is 0.117 e. The summed E-state index contributed by atoms with van der Waals surface area (Å²) < 4.78 is 5.64. The monoisotopic (exact) mass is 291 g/mol. The fourth-order valence-electron chi connectivity index (χ4n) is 2.64. The fourth-order valence-corrected chi connectivity index (χ4v) is 2.64. The average molecular weight is 291 g/mol. The van der Waals surface area contributed by atoms with Gasteiger partial charge in [0.2, 0.25) is 0 Å². The van der Waals surface area contributed by atoms with Crippen LogP contribution in [0, 0.1) is 22.7 Å². The predicted octanol–water partition coefficient (Wildman–Crippen LogP) is 2.95. The number of nitriles is 2. The number of nitrogens with zero attached hydrogens (tertiary/aromatic N) is 3. The summed E-state index contributed by atoms with van der Waals surface area (Å²) in [5, 5.41) is 28.7. The summed E-state index contributed by atoms with van der Waals surface area (Å²) in [6.45, 7) is 3.64. The Labute approximate surface area is 127 Å². The molecule has 6 heteroatoms. The van der Waals surface area contributed by atoms with E-state index in [9.17, 15) is 10.5 Å². The first-order valence-electron chi connectivity index (χ1n) is 6.72. The first kappa shape index (κ1) is 13.7. The lowest BCUT2D eigenvalue weighted by Gasteiger charge is -2.24. The van der Waals surface area contributed by atoms with Gasteiger partial charge in [0.05, 0.1) is 34.9 Å². The summed E-state index contributed by atoms with van der Waals surface area (Å²) in [7, 11) is 0. The maximum absolute atomic E-state index is 9.45. The van der Waals surface area contributed by atoms with Crippen molar-refractivity contribution < 1.29 is 4.42 Å². The maximum atomic E-state index is 9.45. The molecule has 0 aromatic carbocycles. The highest BCUT2D eigenvalue weighted by Crippen LogP contribution is 2.38. The van der Waals surface area contributed by atoms with E-state index in [0.29, 0.717) is 16.9 Å². The molecular formula is C16H13N5O. The van der Waals surface area contributed by atoms with Crippen LogP contribution in [0.2, 0.25) is 0 Å². The lowest BCUT2D eigenvalue weighted by molar-refractivity contribution is 0.499. The quantitative estimate of drug-likeness (QED) is 0.885. The van der Waals surface area contributed by atoms with Gasteiger partial charge in [-0.25, -0.2) is 0 Å². The van der Waals surface area contributed by atoms with Gasteiger partial charge in [-0.1, -0.05) is 0 Å². The van der Waals surface area contributed by atoms with E-state index in [1.807, 2.05) is 26.0 Å². The number of allylic oxidation sites excluding steroid dienone is 4. The summed E-state index contributed by atoms with van der Waals surface area (Å²) in [4.78, 5) is 0. The zero-order valence-corrected chi connectivity index (χ0v) is 12.1. The predicted molar refractivity (Wildman–Crippen MR) is 78.8 cm³/mol. The van der Waals surface area contributed by atoms with Crippen molar-refractivity contribution in [3.8, 4) is 23.4 Å². The molecule has 0 fully saturated rings. The van der Waals surface area contributed by atoms with Gasteiger partial charge in [0.15, 0.2) is 0 Å². The number of rotatable bonds is 2. The van der Waals surface area contributed by atoms with E-state index in [1.54, 1.807) is 12.5 Å². The molecule has 0 saturated carbocycles. The normalized spacial score (nSPS) is 15.5. The van der Waals surface area contributed by atoms with Crippen LogP contribution in [0.1, 0.15) is 25.5 Å². The molecule has 0 spiro atoms. The van der Waals surface area contributed by atoms with E-state index < -0.39 is 5.92 Å². The number of hydrogen-bond donors (Lipinski definition) is 2. The van der Waals surface area contributed by atoms with Gasteiger partial charge < -0.3 is 9.73 Å². The second-order valence-electron chi connectivity index (χ2n) is 5.07. The van der Waals surface area contributed by atoms with Crippen LogP contribution in [0.15, 0.2) is 51.6 Å². The molecule has 2 N–H and O–H groups in total. The number of H-pyrrole nitrogens is 1. The Kier molecular flexibility index (Phi) is 3.28. The third-order valence-electron chi connectivity index (χ3n) is 3.72. The standard InChI is InChI=1S/C16H13N5O/c1-9-12(6-17)16(13(7-18)10(2)20-9)15-5-11(8-22-15)14-3-4-19-21-14/h3-5,8,16,20H,1-2H3,(H,19,21). The number of furan rings is 1. The highest BCUT2D eigenvalue weighted by Gasteiger charge is 2.31. The third kappa shape index (κ3) is 2.07. The molecule has 2 aromatic heterocycles. The fraction of sp³-hybridized carbons (Fsp3) is 0.188. The number of hydrogen-bond acceptors (Lipinski definition) is 5. The van der Waals surface area contributed by atoms with Crippen LogP contribution < -0.4 is 5.32 Å². The zero-order valence-electron chi connectivity index (χ0n) is 12.1. The van der Waals surface area contributed by atoms with E-state index >= 15 is 0 Å². The highest BCUT2D eigenvalue weighted by atomic mass is 16.3. The minimum Gasteiger partial charge on any atom is -0.468 e. The van der Waals surface area contributed by atoms with Crippen LogP contribution in [-0.4, -0.2) is 10.2 Å². The minimum atomic E-state index is -0.479. The Hall–Kier alpha value is -3.25. The first-order chi connectivity index (χ1) is 10.7. The number of aromatic amines is 1. The third-order valence-corrected chi connectivity index (χ3v) is 3.72. The summed E-state index contributed by atoms with van der Waals surface area (Å²) in [6, 6.07) is 8.03. The largest absolute Gasteiger partial charge is 0.468 e. The first-order valence-corrected chi connectivity index (χ1v) is 6.72. The van der Waals surface area contributed by atoms with E-state index in [2.05, 4.69) is 27.7 Å². The van der Waals surface area contributed by atoms with Crippen molar-refractivity contribution in [3.63, 3.8) is 0 Å². The van der Waals surface area contributed by atoms with E-state index in [4.69, 9.17) is 4.42 Å². The van der Waals surface area contributed by atoms with Crippen molar-refractivity contribution in [1.29, 1.82) is 10.5 Å². The van der Waals surface area contributed by atoms with Crippen LogP contribution in [0.5, 0.6) is 0 Å². The van der Waals surface area contributed by atoms with Crippen LogP contribution >= 0.6 is 0 Å². The molecule has 3 heterocycles. The molecule has 6 nitrogen and oxygen atoms in total. The summed E-state index contributed by atoms with van der Waals surface area (Å²) in [5.74, 6) is 0.0887. The van der Waals surface area contributed by atoms with Crippen molar-refractivity contribution in [3.05, 3.63) is 52.9 Å². The molecule has 0 amide bonds. The lowest BCUT2D eigenvalue weighted by atomic mass is 9.85. The zero-order chi connectivity index (χ0) is 15.7. The van der Waals surface area contributed by atoms with Crippen LogP contribution in [-0.2, 0) is 0 Å². The molecule has 1 aliphatic heterocycles. The Morgan fingerprint density at radius 1 is 1.18 bits per heavy atom. The molecule has 108 valence electrons.